The number of nitrogens with one attached hydrogen (secondary N) is 1. The van der Waals surface area contributed by atoms with Gasteiger partial charge in [0.05, 0.1) is 5.92 Å². The van der Waals surface area contributed by atoms with Crippen LogP contribution in [0.2, 0.25) is 0 Å². The van der Waals surface area contributed by atoms with Gasteiger partial charge < -0.3 is 16.0 Å². The SMILES string of the molecule is CC1(N)CCCCC1C(=O)N1CCC(NC(=O)c2ccc(F)cc2)CC1.Cl. The number of carbonyl (C=O) groups is 2. The second kappa shape index (κ2) is 9.02. The molecule has 1 aliphatic heterocycles. The Kier molecular flexibility index (Phi) is 7.23. The fourth-order valence-corrected chi connectivity index (χ4v) is 4.10. The van der Waals surface area contributed by atoms with Crippen LogP contribution in [0.3, 0.4) is 0 Å². The van der Waals surface area contributed by atoms with Gasteiger partial charge in [0.2, 0.25) is 5.91 Å². The summed E-state index contributed by atoms with van der Waals surface area (Å²) in [7, 11) is 0. The number of rotatable bonds is 3. The van der Waals surface area contributed by atoms with Gasteiger partial charge in [0.15, 0.2) is 0 Å². The van der Waals surface area contributed by atoms with Gasteiger partial charge in [-0.1, -0.05) is 12.8 Å². The van der Waals surface area contributed by atoms with Gasteiger partial charge in [-0.05, 0) is 56.9 Å². The van der Waals surface area contributed by atoms with E-state index in [2.05, 4.69) is 5.32 Å². The standard InChI is InChI=1S/C20H28FN3O2.ClH/c1-20(22)11-3-2-4-17(20)19(26)24-12-9-16(10-13-24)23-18(25)14-5-7-15(21)8-6-14;/h5-8,16-17H,2-4,9-13,22H2,1H3,(H,23,25);1H. The first kappa shape index (κ1) is 21.6. The second-order valence-electron chi connectivity index (χ2n) is 7.88. The minimum absolute atomic E-state index is 0. The lowest BCUT2D eigenvalue weighted by atomic mass is 9.74. The summed E-state index contributed by atoms with van der Waals surface area (Å²) in [6.07, 6.45) is 5.38. The van der Waals surface area contributed by atoms with Crippen LogP contribution in [0.4, 0.5) is 4.39 Å². The van der Waals surface area contributed by atoms with Crippen molar-refractivity contribution in [2.45, 2.75) is 57.0 Å². The number of nitrogens with zero attached hydrogens (tertiary/aromatic N) is 1. The van der Waals surface area contributed by atoms with Gasteiger partial charge in [-0.2, -0.15) is 0 Å². The van der Waals surface area contributed by atoms with E-state index in [1.54, 1.807) is 0 Å². The number of hydrogen-bond acceptors (Lipinski definition) is 3. The van der Waals surface area contributed by atoms with Crippen molar-refractivity contribution in [1.82, 2.24) is 10.2 Å². The highest BCUT2D eigenvalue weighted by molar-refractivity contribution is 5.94. The minimum Gasteiger partial charge on any atom is -0.349 e. The first-order chi connectivity index (χ1) is 12.4. The molecular formula is C20H29ClFN3O2. The van der Waals surface area contributed by atoms with E-state index in [1.165, 1.54) is 24.3 Å². The van der Waals surface area contributed by atoms with Crippen molar-refractivity contribution in [2.24, 2.45) is 11.7 Å². The molecule has 2 fully saturated rings. The molecule has 2 amide bonds. The van der Waals surface area contributed by atoms with Crippen LogP contribution in [0.1, 0.15) is 55.8 Å². The van der Waals surface area contributed by atoms with Crippen molar-refractivity contribution in [3.63, 3.8) is 0 Å². The first-order valence-corrected chi connectivity index (χ1v) is 9.51. The fourth-order valence-electron chi connectivity index (χ4n) is 4.10. The first-order valence-electron chi connectivity index (χ1n) is 9.51. The molecule has 2 unspecified atom stereocenters. The zero-order valence-corrected chi connectivity index (χ0v) is 16.6. The molecule has 3 rings (SSSR count). The predicted octanol–water partition coefficient (Wildman–Crippen LogP) is 2.88. The maximum Gasteiger partial charge on any atom is 0.251 e. The molecule has 27 heavy (non-hydrogen) atoms. The molecule has 0 radical (unpaired) electrons. The van der Waals surface area contributed by atoms with E-state index in [1.807, 2.05) is 11.8 Å². The zero-order valence-electron chi connectivity index (χ0n) is 15.7. The Labute approximate surface area is 166 Å². The summed E-state index contributed by atoms with van der Waals surface area (Å²) in [5.41, 5.74) is 6.40. The summed E-state index contributed by atoms with van der Waals surface area (Å²) in [5, 5.41) is 2.99. The Morgan fingerprint density at radius 1 is 1.15 bits per heavy atom. The second-order valence-corrected chi connectivity index (χ2v) is 7.88. The van der Waals surface area contributed by atoms with E-state index in [4.69, 9.17) is 5.73 Å². The summed E-state index contributed by atoms with van der Waals surface area (Å²) >= 11 is 0. The van der Waals surface area contributed by atoms with Crippen molar-refractivity contribution in [3.05, 3.63) is 35.6 Å². The van der Waals surface area contributed by atoms with Crippen LogP contribution >= 0.6 is 12.4 Å². The zero-order chi connectivity index (χ0) is 18.7. The van der Waals surface area contributed by atoms with Crippen LogP contribution in [0.5, 0.6) is 0 Å². The topological polar surface area (TPSA) is 75.4 Å². The number of carbonyl (C=O) groups excluding carboxylic acids is 2. The normalized spacial score (nSPS) is 26.2. The molecule has 1 aromatic carbocycles. The number of likely N-dealkylation sites (tertiary alicyclic amines) is 1. The molecule has 1 saturated carbocycles. The maximum absolute atomic E-state index is 13.0. The van der Waals surface area contributed by atoms with E-state index in [9.17, 15) is 14.0 Å². The lowest BCUT2D eigenvalue weighted by molar-refractivity contribution is -0.140. The number of hydrogen-bond donors (Lipinski definition) is 2. The molecule has 150 valence electrons. The molecule has 2 atom stereocenters. The Hall–Kier alpha value is -1.66. The predicted molar refractivity (Wildman–Crippen MR) is 105 cm³/mol. The molecule has 0 spiro atoms. The quantitative estimate of drug-likeness (QED) is 0.823. The highest BCUT2D eigenvalue weighted by atomic mass is 35.5. The van der Waals surface area contributed by atoms with Crippen LogP contribution in [-0.4, -0.2) is 41.4 Å². The molecular weight excluding hydrogens is 369 g/mol. The average molecular weight is 398 g/mol. The lowest BCUT2D eigenvalue weighted by Gasteiger charge is -2.41. The van der Waals surface area contributed by atoms with Crippen molar-refractivity contribution >= 4 is 24.2 Å². The molecule has 1 heterocycles. The summed E-state index contributed by atoms with van der Waals surface area (Å²) < 4.78 is 13.0. The van der Waals surface area contributed by atoms with Gasteiger partial charge in [0.25, 0.3) is 5.91 Å². The molecule has 1 saturated heterocycles. The van der Waals surface area contributed by atoms with Crippen molar-refractivity contribution in [1.29, 1.82) is 0 Å². The van der Waals surface area contributed by atoms with E-state index in [0.29, 0.717) is 18.7 Å². The number of amides is 2. The van der Waals surface area contributed by atoms with Gasteiger partial charge in [-0.15, -0.1) is 12.4 Å². The molecule has 0 aromatic heterocycles. The van der Waals surface area contributed by atoms with E-state index in [0.717, 1.165) is 38.5 Å². The lowest BCUT2D eigenvalue weighted by Crippen LogP contribution is -2.56. The highest BCUT2D eigenvalue weighted by Crippen LogP contribution is 2.33. The molecule has 0 bridgehead atoms. The van der Waals surface area contributed by atoms with E-state index < -0.39 is 5.54 Å². The van der Waals surface area contributed by atoms with Gasteiger partial charge >= 0.3 is 0 Å². The average Bonchev–Trinajstić information content (AvgIpc) is 2.62. The van der Waals surface area contributed by atoms with Crippen molar-refractivity contribution in [3.8, 4) is 0 Å². The van der Waals surface area contributed by atoms with Crippen LogP contribution < -0.4 is 11.1 Å². The summed E-state index contributed by atoms with van der Waals surface area (Å²) in [4.78, 5) is 27.0. The number of nitrogens with two attached hydrogens (primary N) is 1. The Bertz CT molecular complexity index is 658. The number of benzene rings is 1. The van der Waals surface area contributed by atoms with Gasteiger partial charge in [0, 0.05) is 30.2 Å². The van der Waals surface area contributed by atoms with E-state index in [-0.39, 0.29) is 42.0 Å². The van der Waals surface area contributed by atoms with Crippen molar-refractivity contribution < 1.29 is 14.0 Å². The molecule has 5 nitrogen and oxygen atoms in total. The maximum atomic E-state index is 13.0. The monoisotopic (exact) mass is 397 g/mol. The number of halogens is 2. The highest BCUT2D eigenvalue weighted by Gasteiger charge is 2.40. The Balaban J connectivity index is 0.00000261. The molecule has 1 aromatic rings. The molecule has 7 heteroatoms. The van der Waals surface area contributed by atoms with Crippen LogP contribution in [0, 0.1) is 11.7 Å². The minimum atomic E-state index is -0.414. The van der Waals surface area contributed by atoms with Crippen LogP contribution in [0.15, 0.2) is 24.3 Å². The smallest absolute Gasteiger partial charge is 0.251 e. The van der Waals surface area contributed by atoms with Crippen LogP contribution in [0.25, 0.3) is 0 Å². The summed E-state index contributed by atoms with van der Waals surface area (Å²) in [6.45, 7) is 3.27. The third kappa shape index (κ3) is 5.20. The van der Waals surface area contributed by atoms with Gasteiger partial charge in [0.1, 0.15) is 5.82 Å². The fraction of sp³-hybridized carbons (Fsp3) is 0.600. The molecule has 3 N–H and O–H groups in total. The Morgan fingerprint density at radius 3 is 2.37 bits per heavy atom. The van der Waals surface area contributed by atoms with Crippen LogP contribution in [-0.2, 0) is 4.79 Å². The number of piperidine rings is 1. The molecule has 1 aliphatic carbocycles. The largest absolute Gasteiger partial charge is 0.349 e. The van der Waals surface area contributed by atoms with E-state index >= 15 is 0 Å². The third-order valence-electron chi connectivity index (χ3n) is 5.80. The summed E-state index contributed by atoms with van der Waals surface area (Å²) in [5.74, 6) is -0.487. The van der Waals surface area contributed by atoms with Gasteiger partial charge in [-0.3, -0.25) is 9.59 Å². The van der Waals surface area contributed by atoms with Gasteiger partial charge in [-0.25, -0.2) is 4.39 Å². The Morgan fingerprint density at radius 2 is 1.78 bits per heavy atom. The van der Waals surface area contributed by atoms with Crippen molar-refractivity contribution in [2.75, 3.05) is 13.1 Å². The summed E-state index contributed by atoms with van der Waals surface area (Å²) in [6, 6.07) is 5.56. The molecule has 2 aliphatic rings. The third-order valence-corrected chi connectivity index (χ3v) is 5.80.